The van der Waals surface area contributed by atoms with Crippen LogP contribution in [0.15, 0.2) is 23.3 Å². The lowest BCUT2D eigenvalue weighted by Gasteiger charge is -2.16. The average molecular weight is 339 g/mol. The minimum Gasteiger partial charge on any atom is -0.323 e. The first-order chi connectivity index (χ1) is 12.0. The van der Waals surface area contributed by atoms with Crippen LogP contribution in [0.4, 0.5) is 0 Å². The highest BCUT2D eigenvalue weighted by Crippen LogP contribution is 2.23. The molecule has 0 aliphatic heterocycles. The van der Waals surface area contributed by atoms with Gasteiger partial charge in [0.05, 0.1) is 28.2 Å². The molecule has 0 N–H and O–H groups in total. The fourth-order valence-electron chi connectivity index (χ4n) is 3.28. The summed E-state index contributed by atoms with van der Waals surface area (Å²) in [5.74, 6) is 0. The van der Waals surface area contributed by atoms with Crippen LogP contribution in [0.1, 0.15) is 12.6 Å². The molecule has 0 aliphatic rings. The van der Waals surface area contributed by atoms with Crippen LogP contribution in [-0.2, 0) is 13.1 Å². The number of hydrogen-bond acceptors (Lipinski definition) is 5. The largest absolute Gasteiger partial charge is 0.323 e. The summed E-state index contributed by atoms with van der Waals surface area (Å²) in [6, 6.07) is 1.95. The lowest BCUT2D eigenvalue weighted by atomic mass is 10.2. The molecular formula is C17H21N7O. The van der Waals surface area contributed by atoms with E-state index in [0.29, 0.717) is 5.39 Å². The molecule has 0 unspecified atom stereocenters. The maximum absolute atomic E-state index is 12.9. The zero-order valence-electron chi connectivity index (χ0n) is 14.9. The Morgan fingerprint density at radius 3 is 2.72 bits per heavy atom. The molecule has 0 saturated heterocycles. The fraction of sp³-hybridized carbons (Fsp3) is 0.412. The molecule has 8 heteroatoms. The number of fused-ring (bicyclic) bond motifs is 4. The van der Waals surface area contributed by atoms with E-state index in [9.17, 15) is 4.79 Å². The second-order valence-corrected chi connectivity index (χ2v) is 6.53. The van der Waals surface area contributed by atoms with E-state index in [2.05, 4.69) is 24.6 Å². The number of nitrogens with zero attached hydrogens (tertiary/aromatic N) is 7. The van der Waals surface area contributed by atoms with Crippen molar-refractivity contribution in [2.75, 3.05) is 20.6 Å². The number of aryl methyl sites for hydroxylation is 2. The van der Waals surface area contributed by atoms with Crippen LogP contribution in [0.3, 0.4) is 0 Å². The lowest BCUT2D eigenvalue weighted by molar-refractivity contribution is 0.388. The molecule has 0 fully saturated rings. The van der Waals surface area contributed by atoms with Gasteiger partial charge in [-0.2, -0.15) is 14.7 Å². The molecule has 4 aromatic rings. The minimum atomic E-state index is -0.141. The smallest absolute Gasteiger partial charge is 0.283 e. The Labute approximate surface area is 144 Å². The zero-order valence-corrected chi connectivity index (χ0v) is 14.9. The lowest BCUT2D eigenvalue weighted by Crippen LogP contribution is -2.24. The first-order valence-electron chi connectivity index (χ1n) is 8.39. The van der Waals surface area contributed by atoms with Crippen LogP contribution in [-0.4, -0.2) is 54.5 Å². The topological polar surface area (TPSA) is 73.2 Å². The molecule has 130 valence electrons. The van der Waals surface area contributed by atoms with Crippen LogP contribution >= 0.6 is 0 Å². The van der Waals surface area contributed by atoms with Gasteiger partial charge in [-0.3, -0.25) is 4.79 Å². The highest BCUT2D eigenvalue weighted by Gasteiger charge is 2.17. The summed E-state index contributed by atoms with van der Waals surface area (Å²) < 4.78 is 5.48. The van der Waals surface area contributed by atoms with Gasteiger partial charge < -0.3 is 9.47 Å². The van der Waals surface area contributed by atoms with Gasteiger partial charge in [-0.1, -0.05) is 0 Å². The molecule has 0 amide bonds. The van der Waals surface area contributed by atoms with E-state index in [4.69, 9.17) is 0 Å². The minimum absolute atomic E-state index is 0.141. The van der Waals surface area contributed by atoms with Crippen molar-refractivity contribution >= 4 is 27.6 Å². The second kappa shape index (κ2) is 5.66. The molecule has 0 aliphatic carbocycles. The van der Waals surface area contributed by atoms with Crippen molar-refractivity contribution < 1.29 is 0 Å². The third-order valence-corrected chi connectivity index (χ3v) is 4.49. The first kappa shape index (κ1) is 15.8. The van der Waals surface area contributed by atoms with Gasteiger partial charge in [-0.05, 0) is 27.9 Å². The predicted octanol–water partition coefficient (Wildman–Crippen LogP) is 1.28. The summed E-state index contributed by atoms with van der Waals surface area (Å²) in [7, 11) is 4.08. The van der Waals surface area contributed by atoms with Crippen LogP contribution in [0.25, 0.3) is 27.6 Å². The van der Waals surface area contributed by atoms with Crippen molar-refractivity contribution in [2.24, 2.45) is 0 Å². The van der Waals surface area contributed by atoms with Crippen molar-refractivity contribution in [3.05, 3.63) is 34.5 Å². The highest BCUT2D eigenvalue weighted by molar-refractivity contribution is 6.02. The highest BCUT2D eigenvalue weighted by atomic mass is 16.1. The van der Waals surface area contributed by atoms with Gasteiger partial charge in [0.1, 0.15) is 5.65 Å². The van der Waals surface area contributed by atoms with Crippen molar-refractivity contribution in [1.82, 2.24) is 33.8 Å². The third-order valence-electron chi connectivity index (χ3n) is 4.49. The SMILES string of the molecule is CCn1ncc2c1ncc1c(=O)n3nc(C)cc3n(CCN(C)C)c12. The van der Waals surface area contributed by atoms with Crippen molar-refractivity contribution in [2.45, 2.75) is 26.9 Å². The third kappa shape index (κ3) is 2.32. The van der Waals surface area contributed by atoms with E-state index in [-0.39, 0.29) is 5.56 Å². The summed E-state index contributed by atoms with van der Waals surface area (Å²) in [4.78, 5) is 19.5. The predicted molar refractivity (Wildman–Crippen MR) is 97.0 cm³/mol. The van der Waals surface area contributed by atoms with Gasteiger partial charge in [-0.25, -0.2) is 9.67 Å². The summed E-state index contributed by atoms with van der Waals surface area (Å²) in [6.45, 7) is 6.26. The van der Waals surface area contributed by atoms with Gasteiger partial charge in [-0.15, -0.1) is 0 Å². The second-order valence-electron chi connectivity index (χ2n) is 6.53. The molecule has 8 nitrogen and oxygen atoms in total. The molecule has 25 heavy (non-hydrogen) atoms. The standard InChI is InChI=1S/C17H21N7O/c1-5-23-16-12(10-19-23)15-13(9-18-16)17(25)24-14(8-11(2)20-24)22(15)7-6-21(3)4/h8-10H,5-7H2,1-4H3. The van der Waals surface area contributed by atoms with Gasteiger partial charge in [0.15, 0.2) is 5.65 Å². The number of hydrogen-bond donors (Lipinski definition) is 0. The molecule has 4 heterocycles. The van der Waals surface area contributed by atoms with Crippen LogP contribution < -0.4 is 5.56 Å². The molecular weight excluding hydrogens is 318 g/mol. The van der Waals surface area contributed by atoms with Gasteiger partial charge >= 0.3 is 0 Å². The summed E-state index contributed by atoms with van der Waals surface area (Å²) >= 11 is 0. The molecule has 4 aromatic heterocycles. The number of pyridine rings is 1. The van der Waals surface area contributed by atoms with Gasteiger partial charge in [0.2, 0.25) is 0 Å². The molecule has 4 rings (SSSR count). The van der Waals surface area contributed by atoms with Crippen LogP contribution in [0, 0.1) is 6.92 Å². The van der Waals surface area contributed by atoms with Crippen molar-refractivity contribution in [3.8, 4) is 0 Å². The molecule has 0 radical (unpaired) electrons. The summed E-state index contributed by atoms with van der Waals surface area (Å²) in [5.41, 5.74) is 3.16. The average Bonchev–Trinajstić information content (AvgIpc) is 3.17. The normalized spacial score (nSPS) is 12.2. The molecule has 0 spiro atoms. The molecule has 0 atom stereocenters. The van der Waals surface area contributed by atoms with E-state index in [1.165, 1.54) is 4.52 Å². The quantitative estimate of drug-likeness (QED) is 0.560. The number of rotatable bonds is 4. The monoisotopic (exact) mass is 339 g/mol. The zero-order chi connectivity index (χ0) is 17.7. The molecule has 0 bridgehead atoms. The van der Waals surface area contributed by atoms with E-state index >= 15 is 0 Å². The Balaban J connectivity index is 2.18. The molecule has 0 aromatic carbocycles. The maximum Gasteiger partial charge on any atom is 0.283 e. The first-order valence-corrected chi connectivity index (χ1v) is 8.39. The van der Waals surface area contributed by atoms with Crippen molar-refractivity contribution in [3.63, 3.8) is 0 Å². The Kier molecular flexibility index (Phi) is 3.57. The fourth-order valence-corrected chi connectivity index (χ4v) is 3.28. The maximum atomic E-state index is 12.9. The number of aromatic nitrogens is 6. The Morgan fingerprint density at radius 1 is 1.20 bits per heavy atom. The van der Waals surface area contributed by atoms with E-state index in [1.54, 1.807) is 12.4 Å². The van der Waals surface area contributed by atoms with Crippen LogP contribution in [0.5, 0.6) is 0 Å². The van der Waals surface area contributed by atoms with Crippen molar-refractivity contribution in [1.29, 1.82) is 0 Å². The van der Waals surface area contributed by atoms with E-state index < -0.39 is 0 Å². The van der Waals surface area contributed by atoms with E-state index in [0.717, 1.165) is 47.5 Å². The van der Waals surface area contributed by atoms with Crippen LogP contribution in [0.2, 0.25) is 0 Å². The number of likely N-dealkylation sites (N-methyl/N-ethyl adjacent to an activating group) is 1. The Morgan fingerprint density at radius 2 is 2.00 bits per heavy atom. The van der Waals surface area contributed by atoms with Gasteiger partial charge in [0, 0.05) is 31.9 Å². The summed E-state index contributed by atoms with van der Waals surface area (Å²) in [6.07, 6.45) is 3.45. The van der Waals surface area contributed by atoms with Gasteiger partial charge in [0.25, 0.3) is 5.56 Å². The Bertz CT molecular complexity index is 1150. The Hall–Kier alpha value is -2.74. The summed E-state index contributed by atoms with van der Waals surface area (Å²) in [5, 5.41) is 10.3. The van der Waals surface area contributed by atoms with E-state index in [1.807, 2.05) is 38.7 Å². The molecule has 0 saturated carbocycles.